The molecule has 0 fully saturated rings. The van der Waals surface area contributed by atoms with E-state index in [2.05, 4.69) is 17.2 Å². The van der Waals surface area contributed by atoms with Crippen LogP contribution in [0.15, 0.2) is 22.9 Å². The van der Waals surface area contributed by atoms with Gasteiger partial charge in [-0.15, -0.1) is 22.7 Å². The fourth-order valence-electron chi connectivity index (χ4n) is 1.58. The second-order valence-corrected chi connectivity index (χ2v) is 6.89. The van der Waals surface area contributed by atoms with Gasteiger partial charge in [-0.1, -0.05) is 13.0 Å². The molecule has 0 saturated carbocycles. The van der Waals surface area contributed by atoms with Crippen LogP contribution in [0.2, 0.25) is 0 Å². The first-order valence-electron chi connectivity index (χ1n) is 6.29. The molecule has 3 nitrogen and oxygen atoms in total. The molecule has 0 radical (unpaired) electrons. The quantitative estimate of drug-likeness (QED) is 0.913. The van der Waals surface area contributed by atoms with E-state index in [1.54, 1.807) is 22.7 Å². The van der Waals surface area contributed by atoms with Crippen LogP contribution in [0, 0.1) is 0 Å². The molecule has 2 rings (SSSR count). The van der Waals surface area contributed by atoms with Gasteiger partial charge in [-0.3, -0.25) is 4.79 Å². The maximum Gasteiger partial charge on any atom is 0.226 e. The Labute approximate surface area is 121 Å². The van der Waals surface area contributed by atoms with Gasteiger partial charge >= 0.3 is 0 Å². The molecule has 19 heavy (non-hydrogen) atoms. The molecule has 5 heteroatoms. The van der Waals surface area contributed by atoms with Crippen LogP contribution in [0.1, 0.15) is 32.9 Å². The van der Waals surface area contributed by atoms with Crippen molar-refractivity contribution in [3.63, 3.8) is 0 Å². The molecular formula is C14H18N2OS2. The van der Waals surface area contributed by atoms with E-state index in [0.717, 1.165) is 22.0 Å². The zero-order valence-corrected chi connectivity index (χ0v) is 13.0. The molecule has 0 saturated heterocycles. The number of hydrogen-bond acceptors (Lipinski definition) is 4. The summed E-state index contributed by atoms with van der Waals surface area (Å²) in [6.45, 7) is 6.13. The fraction of sp³-hybridized carbons (Fsp3) is 0.429. The van der Waals surface area contributed by atoms with Gasteiger partial charge in [0, 0.05) is 10.9 Å². The largest absolute Gasteiger partial charge is 0.351 e. The van der Waals surface area contributed by atoms with Gasteiger partial charge in [-0.25, -0.2) is 4.98 Å². The van der Waals surface area contributed by atoms with E-state index >= 15 is 0 Å². The van der Waals surface area contributed by atoms with E-state index in [4.69, 9.17) is 0 Å². The Hall–Kier alpha value is -1.20. The Bertz CT molecular complexity index is 544. The number of aromatic nitrogens is 1. The van der Waals surface area contributed by atoms with E-state index in [-0.39, 0.29) is 11.4 Å². The van der Waals surface area contributed by atoms with E-state index in [1.165, 1.54) is 0 Å². The van der Waals surface area contributed by atoms with Crippen LogP contribution >= 0.6 is 22.7 Å². The maximum atomic E-state index is 11.9. The van der Waals surface area contributed by atoms with Gasteiger partial charge in [0.1, 0.15) is 5.01 Å². The second-order valence-electron chi connectivity index (χ2n) is 5.08. The first-order valence-corrected chi connectivity index (χ1v) is 8.05. The molecule has 1 amide bonds. The third-order valence-corrected chi connectivity index (χ3v) is 4.92. The Morgan fingerprint density at radius 1 is 1.42 bits per heavy atom. The lowest BCUT2D eigenvalue weighted by atomic mass is 10.0. The molecule has 1 N–H and O–H groups in total. The predicted molar refractivity (Wildman–Crippen MR) is 81.6 cm³/mol. The van der Waals surface area contributed by atoms with Crippen LogP contribution in [0.25, 0.3) is 9.88 Å². The smallest absolute Gasteiger partial charge is 0.226 e. The van der Waals surface area contributed by atoms with Crippen molar-refractivity contribution in [1.29, 1.82) is 0 Å². The highest BCUT2D eigenvalue weighted by Gasteiger charge is 2.18. The summed E-state index contributed by atoms with van der Waals surface area (Å²) in [4.78, 5) is 17.6. The fourth-order valence-corrected chi connectivity index (χ4v) is 3.21. The van der Waals surface area contributed by atoms with E-state index in [1.807, 2.05) is 36.7 Å². The summed E-state index contributed by atoms with van der Waals surface area (Å²) < 4.78 is 0. The molecular weight excluding hydrogens is 276 g/mol. The monoisotopic (exact) mass is 294 g/mol. The minimum absolute atomic E-state index is 0.0369. The highest BCUT2D eigenvalue weighted by atomic mass is 32.1. The number of amides is 1. The molecule has 0 unspecified atom stereocenters. The Balaban J connectivity index is 1.99. The van der Waals surface area contributed by atoms with Crippen molar-refractivity contribution in [2.75, 3.05) is 0 Å². The minimum Gasteiger partial charge on any atom is -0.351 e. The van der Waals surface area contributed by atoms with Crippen molar-refractivity contribution >= 4 is 28.6 Å². The SMILES string of the molecule is CCC(C)(C)NC(=O)Cc1csc(-c2cccs2)n1. The number of hydrogen-bond donors (Lipinski definition) is 1. The van der Waals surface area contributed by atoms with Crippen LogP contribution in [0.3, 0.4) is 0 Å². The second kappa shape index (κ2) is 5.84. The van der Waals surface area contributed by atoms with Gasteiger partial charge in [-0.2, -0.15) is 0 Å². The summed E-state index contributed by atoms with van der Waals surface area (Å²) in [5.41, 5.74) is 0.696. The lowest BCUT2D eigenvalue weighted by molar-refractivity contribution is -0.122. The minimum atomic E-state index is -0.149. The van der Waals surface area contributed by atoms with Crippen molar-refractivity contribution < 1.29 is 4.79 Å². The molecule has 2 aromatic rings. The zero-order valence-electron chi connectivity index (χ0n) is 11.4. The normalized spacial score (nSPS) is 11.5. The van der Waals surface area contributed by atoms with E-state index < -0.39 is 0 Å². The van der Waals surface area contributed by atoms with Gasteiger partial charge < -0.3 is 5.32 Å². The molecule has 2 heterocycles. The molecule has 0 aromatic carbocycles. The van der Waals surface area contributed by atoms with Gasteiger partial charge in [-0.05, 0) is 31.7 Å². The highest BCUT2D eigenvalue weighted by Crippen LogP contribution is 2.27. The van der Waals surface area contributed by atoms with Gasteiger partial charge in [0.2, 0.25) is 5.91 Å². The van der Waals surface area contributed by atoms with Crippen LogP contribution < -0.4 is 5.32 Å². The van der Waals surface area contributed by atoms with Crippen LogP contribution in [0.5, 0.6) is 0 Å². The maximum absolute atomic E-state index is 11.9. The van der Waals surface area contributed by atoms with Crippen LogP contribution in [0.4, 0.5) is 0 Å². The number of nitrogens with zero attached hydrogens (tertiary/aromatic N) is 1. The molecule has 0 spiro atoms. The summed E-state index contributed by atoms with van der Waals surface area (Å²) in [7, 11) is 0. The average molecular weight is 294 g/mol. The van der Waals surface area contributed by atoms with Crippen LogP contribution in [-0.2, 0) is 11.2 Å². The Morgan fingerprint density at radius 2 is 2.21 bits per heavy atom. The van der Waals surface area contributed by atoms with Gasteiger partial charge in [0.25, 0.3) is 0 Å². The molecule has 0 aliphatic heterocycles. The third kappa shape index (κ3) is 3.88. The number of carbonyl (C=O) groups is 1. The van der Waals surface area contributed by atoms with Crippen molar-refractivity contribution in [1.82, 2.24) is 10.3 Å². The zero-order chi connectivity index (χ0) is 13.9. The highest BCUT2D eigenvalue weighted by molar-refractivity contribution is 7.20. The van der Waals surface area contributed by atoms with Crippen molar-refractivity contribution in [2.45, 2.75) is 39.2 Å². The van der Waals surface area contributed by atoms with Gasteiger partial charge in [0.15, 0.2) is 0 Å². The first kappa shape index (κ1) is 14.2. The molecule has 102 valence electrons. The molecule has 2 aromatic heterocycles. The topological polar surface area (TPSA) is 42.0 Å². The summed E-state index contributed by atoms with van der Waals surface area (Å²) in [6.07, 6.45) is 1.27. The summed E-state index contributed by atoms with van der Waals surface area (Å²) >= 11 is 3.26. The summed E-state index contributed by atoms with van der Waals surface area (Å²) in [5, 5.41) is 8.02. The van der Waals surface area contributed by atoms with Crippen molar-refractivity contribution in [2.24, 2.45) is 0 Å². The molecule has 0 atom stereocenters. The van der Waals surface area contributed by atoms with Crippen LogP contribution in [-0.4, -0.2) is 16.4 Å². The number of thiophene rings is 1. The predicted octanol–water partition coefficient (Wildman–Crippen LogP) is 3.72. The van der Waals surface area contributed by atoms with Crippen molar-refractivity contribution in [3.8, 4) is 9.88 Å². The summed E-state index contributed by atoms with van der Waals surface area (Å²) in [5.74, 6) is 0.0369. The first-order chi connectivity index (χ1) is 9.00. The number of carbonyl (C=O) groups excluding carboxylic acids is 1. The average Bonchev–Trinajstić information content (AvgIpc) is 2.97. The Morgan fingerprint density at radius 3 is 2.84 bits per heavy atom. The number of thiazole rings is 1. The van der Waals surface area contributed by atoms with E-state index in [0.29, 0.717) is 6.42 Å². The lowest BCUT2D eigenvalue weighted by Crippen LogP contribution is -2.43. The number of rotatable bonds is 5. The third-order valence-electron chi connectivity index (χ3n) is 2.99. The van der Waals surface area contributed by atoms with E-state index in [9.17, 15) is 4.79 Å². The van der Waals surface area contributed by atoms with Gasteiger partial charge in [0.05, 0.1) is 17.0 Å². The lowest BCUT2D eigenvalue weighted by Gasteiger charge is -2.24. The summed E-state index contributed by atoms with van der Waals surface area (Å²) in [6, 6.07) is 4.06. The number of nitrogens with one attached hydrogen (secondary N) is 1. The Kier molecular flexibility index (Phi) is 4.37. The standard InChI is InChI=1S/C14H18N2OS2/c1-4-14(2,3)16-12(17)8-10-9-19-13(15-10)11-6-5-7-18-11/h5-7,9H,4,8H2,1-3H3,(H,16,17). The molecule has 0 bridgehead atoms. The molecule has 0 aliphatic rings. The van der Waals surface area contributed by atoms with Crippen molar-refractivity contribution in [3.05, 3.63) is 28.6 Å². The molecule has 0 aliphatic carbocycles.